The van der Waals surface area contributed by atoms with E-state index in [-0.39, 0.29) is 13.2 Å². The van der Waals surface area contributed by atoms with E-state index in [0.717, 1.165) is 0 Å². The van der Waals surface area contributed by atoms with Gasteiger partial charge in [-0.25, -0.2) is 4.79 Å². The Morgan fingerprint density at radius 1 is 1.45 bits per heavy atom. The van der Waals surface area contributed by atoms with Crippen LogP contribution in [0.2, 0.25) is 0 Å². The molecule has 0 bridgehead atoms. The average molecular weight is 307 g/mol. The van der Waals surface area contributed by atoms with E-state index in [2.05, 4.69) is 0 Å². The fraction of sp³-hybridized carbons (Fsp3) is 0.467. The first kappa shape index (κ1) is 15.0. The number of carbonyl (C=O) groups excluding carboxylic acids is 2. The van der Waals surface area contributed by atoms with Gasteiger partial charge >= 0.3 is 5.97 Å². The van der Waals surface area contributed by atoms with Crippen LogP contribution in [-0.2, 0) is 19.1 Å². The topological polar surface area (TPSA) is 96.3 Å². The highest BCUT2D eigenvalue weighted by Crippen LogP contribution is 2.42. The molecular weight excluding hydrogens is 290 g/mol. The summed E-state index contributed by atoms with van der Waals surface area (Å²) in [5.41, 5.74) is -1.86. The molecule has 2 aliphatic rings. The quantitative estimate of drug-likeness (QED) is 0.582. The summed E-state index contributed by atoms with van der Waals surface area (Å²) in [6.45, 7) is 1.60. The Kier molecular flexibility index (Phi) is 3.64. The predicted octanol–water partition coefficient (Wildman–Crippen LogP) is -0.419. The molecule has 22 heavy (non-hydrogen) atoms. The van der Waals surface area contributed by atoms with Gasteiger partial charge in [0.15, 0.2) is 6.23 Å². The Balaban J connectivity index is 1.94. The second-order valence-electron chi connectivity index (χ2n) is 5.31. The lowest BCUT2D eigenvalue weighted by Crippen LogP contribution is -2.55. The summed E-state index contributed by atoms with van der Waals surface area (Å²) in [6.07, 6.45) is -2.33. The highest BCUT2D eigenvalue weighted by atomic mass is 16.6. The molecule has 0 unspecified atom stereocenters. The van der Waals surface area contributed by atoms with Crippen molar-refractivity contribution >= 4 is 11.9 Å². The third-order valence-corrected chi connectivity index (χ3v) is 4.06. The number of esters is 1. The predicted molar refractivity (Wildman–Crippen MR) is 73.4 cm³/mol. The van der Waals surface area contributed by atoms with E-state index >= 15 is 0 Å². The lowest BCUT2D eigenvalue weighted by Gasteiger charge is -2.25. The van der Waals surface area contributed by atoms with Gasteiger partial charge in [-0.2, -0.15) is 0 Å². The molecule has 3 rings (SSSR count). The number of fused-ring (bicyclic) bond motifs is 1. The van der Waals surface area contributed by atoms with Crippen LogP contribution in [0, 0.1) is 0 Å². The first-order chi connectivity index (χ1) is 10.5. The third-order valence-electron chi connectivity index (χ3n) is 4.06. The van der Waals surface area contributed by atoms with Gasteiger partial charge in [0.05, 0.1) is 19.3 Å². The summed E-state index contributed by atoms with van der Waals surface area (Å²) >= 11 is 0. The van der Waals surface area contributed by atoms with Gasteiger partial charge in [0.1, 0.15) is 6.10 Å². The van der Waals surface area contributed by atoms with Gasteiger partial charge in [0, 0.05) is 5.56 Å². The van der Waals surface area contributed by atoms with Crippen molar-refractivity contribution in [3.05, 3.63) is 35.9 Å². The Morgan fingerprint density at radius 3 is 2.77 bits per heavy atom. The number of hydrogen-bond acceptors (Lipinski definition) is 6. The monoisotopic (exact) mass is 307 g/mol. The fourth-order valence-electron chi connectivity index (χ4n) is 2.95. The van der Waals surface area contributed by atoms with Crippen molar-refractivity contribution < 1.29 is 29.3 Å². The van der Waals surface area contributed by atoms with Crippen molar-refractivity contribution in [3.8, 4) is 0 Å². The fourth-order valence-corrected chi connectivity index (χ4v) is 2.95. The molecule has 1 aromatic rings. The number of nitrogens with zero attached hydrogens (tertiary/aromatic N) is 1. The maximum Gasteiger partial charge on any atom is 0.351 e. The molecule has 0 spiro atoms. The summed E-state index contributed by atoms with van der Waals surface area (Å²) < 4.78 is 10.3. The molecule has 7 heteroatoms. The second-order valence-corrected chi connectivity index (χ2v) is 5.31. The highest BCUT2D eigenvalue weighted by molar-refractivity contribution is 6.09. The smallest absolute Gasteiger partial charge is 0.351 e. The summed E-state index contributed by atoms with van der Waals surface area (Å²) in [4.78, 5) is 25.7. The Hall–Kier alpha value is -1.96. The van der Waals surface area contributed by atoms with Crippen LogP contribution in [-0.4, -0.2) is 58.0 Å². The second kappa shape index (κ2) is 5.35. The van der Waals surface area contributed by atoms with E-state index < -0.39 is 35.9 Å². The first-order valence-corrected chi connectivity index (χ1v) is 7.08. The number of hydrogen-bond donors (Lipinski definition) is 2. The van der Waals surface area contributed by atoms with E-state index in [1.165, 1.54) is 4.90 Å². The minimum atomic E-state index is -2.57. The highest BCUT2D eigenvalue weighted by Gasteiger charge is 2.67. The lowest BCUT2D eigenvalue weighted by atomic mass is 9.96. The van der Waals surface area contributed by atoms with Gasteiger partial charge in [-0.1, -0.05) is 30.3 Å². The number of carbonyl (C=O) groups is 2. The van der Waals surface area contributed by atoms with Gasteiger partial charge in [-0.15, -0.1) is 0 Å². The molecular formula is C15H17NO6. The maximum absolute atomic E-state index is 12.6. The average Bonchev–Trinajstić information content (AvgIpc) is 3.04. The summed E-state index contributed by atoms with van der Waals surface area (Å²) in [6, 6.07) is 8.17. The normalized spacial score (nSPS) is 33.9. The van der Waals surface area contributed by atoms with Crippen LogP contribution in [0.5, 0.6) is 0 Å². The molecule has 7 nitrogen and oxygen atoms in total. The Bertz CT molecular complexity index is 591. The molecule has 4 atom stereocenters. The number of aliphatic hydroxyl groups excluding tert-OH is 1. The number of benzene rings is 1. The molecule has 1 aromatic carbocycles. The van der Waals surface area contributed by atoms with Crippen LogP contribution in [0.4, 0.5) is 0 Å². The number of ether oxygens (including phenoxy) is 2. The van der Waals surface area contributed by atoms with E-state index in [9.17, 15) is 19.8 Å². The van der Waals surface area contributed by atoms with Gasteiger partial charge in [-0.3, -0.25) is 4.79 Å². The van der Waals surface area contributed by atoms with E-state index in [1.807, 2.05) is 6.07 Å². The zero-order chi connectivity index (χ0) is 15.9. The van der Waals surface area contributed by atoms with Gasteiger partial charge < -0.3 is 24.6 Å². The first-order valence-electron chi connectivity index (χ1n) is 7.08. The van der Waals surface area contributed by atoms with E-state index in [4.69, 9.17) is 9.47 Å². The van der Waals surface area contributed by atoms with Crippen LogP contribution in [0.1, 0.15) is 18.7 Å². The zero-order valence-corrected chi connectivity index (χ0v) is 12.0. The molecule has 0 saturated carbocycles. The van der Waals surface area contributed by atoms with Crippen molar-refractivity contribution in [3.63, 3.8) is 0 Å². The standard InChI is InChI=1S/C15H17NO6/c1-2-21-14(19)15(20)11(17)10-8-22-12(16(10)13(15)18)9-6-4-3-5-7-9/h3-7,10-12,17,20H,2,8H2,1H3/t10-,11-,12-,15-/m1/s1. The van der Waals surface area contributed by atoms with Crippen LogP contribution < -0.4 is 0 Å². The summed E-state index contributed by atoms with van der Waals surface area (Å²) in [5, 5.41) is 20.7. The van der Waals surface area contributed by atoms with E-state index in [1.54, 1.807) is 31.2 Å². The van der Waals surface area contributed by atoms with Crippen molar-refractivity contribution in [1.82, 2.24) is 4.90 Å². The summed E-state index contributed by atoms with van der Waals surface area (Å²) in [7, 11) is 0. The third kappa shape index (κ3) is 1.93. The van der Waals surface area contributed by atoms with Crippen LogP contribution >= 0.6 is 0 Å². The van der Waals surface area contributed by atoms with Gasteiger partial charge in [-0.05, 0) is 6.92 Å². The summed E-state index contributed by atoms with van der Waals surface area (Å²) in [5.74, 6) is -2.02. The van der Waals surface area contributed by atoms with Crippen LogP contribution in [0.3, 0.4) is 0 Å². The molecule has 2 saturated heterocycles. The number of rotatable bonds is 3. The molecule has 1 amide bonds. The maximum atomic E-state index is 12.6. The molecule has 2 N–H and O–H groups in total. The van der Waals surface area contributed by atoms with Crippen molar-refractivity contribution in [2.45, 2.75) is 30.9 Å². The number of aliphatic hydroxyl groups is 2. The largest absolute Gasteiger partial charge is 0.463 e. The van der Waals surface area contributed by atoms with E-state index in [0.29, 0.717) is 5.56 Å². The van der Waals surface area contributed by atoms with Gasteiger partial charge in [0.25, 0.3) is 11.5 Å². The van der Waals surface area contributed by atoms with Gasteiger partial charge in [0.2, 0.25) is 0 Å². The Labute approximate surface area is 127 Å². The Morgan fingerprint density at radius 2 is 2.14 bits per heavy atom. The van der Waals surface area contributed by atoms with Crippen molar-refractivity contribution in [2.24, 2.45) is 0 Å². The zero-order valence-electron chi connectivity index (χ0n) is 12.0. The minimum absolute atomic E-state index is 0.00439. The SMILES string of the molecule is CCOC(=O)[C@]1(O)C(=O)N2[C@@H](c3ccccc3)OC[C@@H]2[C@H]1O. The van der Waals surface area contributed by atoms with Crippen LogP contribution in [0.25, 0.3) is 0 Å². The molecule has 2 aliphatic heterocycles. The molecule has 0 radical (unpaired) electrons. The molecule has 2 fully saturated rings. The molecule has 118 valence electrons. The lowest BCUT2D eigenvalue weighted by molar-refractivity contribution is -0.181. The molecule has 0 aromatic heterocycles. The molecule has 2 heterocycles. The van der Waals surface area contributed by atoms with Crippen LogP contribution in [0.15, 0.2) is 30.3 Å². The van der Waals surface area contributed by atoms with Crippen molar-refractivity contribution in [2.75, 3.05) is 13.2 Å². The molecule has 0 aliphatic carbocycles. The number of amides is 1. The minimum Gasteiger partial charge on any atom is -0.463 e. The van der Waals surface area contributed by atoms with Crippen molar-refractivity contribution in [1.29, 1.82) is 0 Å².